The Labute approximate surface area is 297 Å². The third kappa shape index (κ3) is 7.45. The third-order valence-corrected chi connectivity index (χ3v) is 10.0. The summed E-state index contributed by atoms with van der Waals surface area (Å²) in [7, 11) is 1.69. The Morgan fingerprint density at radius 1 is 0.917 bits per heavy atom. The van der Waals surface area contributed by atoms with Crippen LogP contribution in [0.2, 0.25) is 0 Å². The van der Waals surface area contributed by atoms with E-state index in [1.54, 1.807) is 7.11 Å². The van der Waals surface area contributed by atoms with E-state index in [9.17, 15) is 4.79 Å². The van der Waals surface area contributed by atoms with Gasteiger partial charge in [0, 0.05) is 63.2 Å². The van der Waals surface area contributed by atoms with E-state index < -0.39 is 5.41 Å². The van der Waals surface area contributed by atoms with Crippen LogP contribution in [0.3, 0.4) is 0 Å². The van der Waals surface area contributed by atoms with Gasteiger partial charge < -0.3 is 19.1 Å². The molecule has 1 amide bonds. The quantitative estimate of drug-likeness (QED) is 0.273. The van der Waals surface area contributed by atoms with Crippen LogP contribution in [0.25, 0.3) is 0 Å². The van der Waals surface area contributed by atoms with E-state index in [4.69, 9.17) is 24.2 Å². The Hall–Kier alpha value is -2.95. The minimum Gasteiger partial charge on any atom is -0.481 e. The van der Waals surface area contributed by atoms with Gasteiger partial charge in [-0.25, -0.2) is 0 Å². The first-order valence-electron chi connectivity index (χ1n) is 16.9. The van der Waals surface area contributed by atoms with Crippen molar-refractivity contribution in [3.63, 3.8) is 0 Å². The molecule has 1 aliphatic carbocycles. The molecular weight excluding hydrogens is 649 g/mol. The van der Waals surface area contributed by atoms with Gasteiger partial charge in [-0.15, -0.1) is 24.8 Å². The first-order valence-corrected chi connectivity index (χ1v) is 16.9. The van der Waals surface area contributed by atoms with Crippen LogP contribution in [0.5, 0.6) is 11.8 Å². The van der Waals surface area contributed by atoms with Gasteiger partial charge in [0.05, 0.1) is 37.4 Å². The average molecular weight is 699 g/mol. The zero-order chi connectivity index (χ0) is 31.8. The molecule has 7 rings (SSSR count). The fourth-order valence-corrected chi connectivity index (χ4v) is 7.52. The lowest BCUT2D eigenvalue weighted by molar-refractivity contribution is -0.173. The van der Waals surface area contributed by atoms with Crippen molar-refractivity contribution in [2.75, 3.05) is 53.0 Å². The fourth-order valence-electron chi connectivity index (χ4n) is 7.52. The number of benzene rings is 2. The van der Waals surface area contributed by atoms with Crippen molar-refractivity contribution in [1.29, 1.82) is 0 Å². The van der Waals surface area contributed by atoms with Crippen molar-refractivity contribution in [1.82, 2.24) is 24.7 Å². The minimum atomic E-state index is -0.413. The lowest BCUT2D eigenvalue weighted by Crippen LogP contribution is -2.68. The van der Waals surface area contributed by atoms with Gasteiger partial charge in [0.25, 0.3) is 0 Å². The number of piperazine rings is 2. The number of halogens is 2. The number of carbonyl (C=O) groups is 1. The molecule has 3 saturated heterocycles. The number of ether oxygens (including phenoxy) is 3. The normalized spacial score (nSPS) is 22.2. The summed E-state index contributed by atoms with van der Waals surface area (Å²) in [6, 6.07) is 22.1. The van der Waals surface area contributed by atoms with Crippen LogP contribution < -0.4 is 9.47 Å². The molecule has 0 bridgehead atoms. The molecule has 1 saturated carbocycles. The molecule has 3 aliphatic heterocycles. The average Bonchev–Trinajstić information content (AvgIpc) is 3.90. The smallest absolute Gasteiger partial charge is 0.233 e. The number of rotatable bonds is 10. The van der Waals surface area contributed by atoms with Crippen molar-refractivity contribution in [2.24, 2.45) is 5.41 Å². The maximum Gasteiger partial charge on any atom is 0.233 e. The van der Waals surface area contributed by atoms with Crippen LogP contribution in [-0.4, -0.2) is 102 Å². The molecule has 0 spiro atoms. The second-order valence-corrected chi connectivity index (χ2v) is 14.1. The largest absolute Gasteiger partial charge is 0.481 e. The zero-order valence-corrected chi connectivity index (χ0v) is 30.0. The topological polar surface area (TPSA) is 80.3 Å². The van der Waals surface area contributed by atoms with Crippen molar-refractivity contribution < 1.29 is 19.0 Å². The summed E-state index contributed by atoms with van der Waals surface area (Å²) >= 11 is 0. The molecule has 0 unspecified atom stereocenters. The van der Waals surface area contributed by atoms with E-state index in [1.807, 2.05) is 20.8 Å². The van der Waals surface area contributed by atoms with Crippen LogP contribution in [0, 0.1) is 5.41 Å². The summed E-state index contributed by atoms with van der Waals surface area (Å²) in [5, 5.41) is 0. The van der Waals surface area contributed by atoms with E-state index >= 15 is 0 Å². The van der Waals surface area contributed by atoms with Crippen LogP contribution in [-0.2, 0) is 16.1 Å². The number of amides is 1. The van der Waals surface area contributed by atoms with Crippen molar-refractivity contribution >= 4 is 30.7 Å². The molecular formula is C37H49Cl2N5O4. The lowest BCUT2D eigenvalue weighted by atomic mass is 9.81. The molecule has 0 radical (unpaired) electrons. The predicted octanol–water partition coefficient (Wildman–Crippen LogP) is 5.56. The first-order chi connectivity index (χ1) is 22.3. The summed E-state index contributed by atoms with van der Waals surface area (Å²) in [6.07, 6.45) is 2.19. The monoisotopic (exact) mass is 697 g/mol. The summed E-state index contributed by atoms with van der Waals surface area (Å²) in [5.74, 6) is 2.82. The summed E-state index contributed by atoms with van der Waals surface area (Å²) < 4.78 is 17.7. The highest BCUT2D eigenvalue weighted by atomic mass is 35.5. The van der Waals surface area contributed by atoms with Crippen LogP contribution in [0.4, 0.5) is 0 Å². The van der Waals surface area contributed by atoms with Gasteiger partial charge in [-0.2, -0.15) is 9.97 Å². The molecule has 9 nitrogen and oxygen atoms in total. The van der Waals surface area contributed by atoms with E-state index in [1.165, 1.54) is 11.1 Å². The van der Waals surface area contributed by atoms with Gasteiger partial charge in [0.15, 0.2) is 0 Å². The third-order valence-electron chi connectivity index (χ3n) is 10.0. The summed E-state index contributed by atoms with van der Waals surface area (Å²) in [6.45, 7) is 11.7. The number of hydrogen-bond acceptors (Lipinski definition) is 8. The summed E-state index contributed by atoms with van der Waals surface area (Å²) in [5.41, 5.74) is 3.08. The van der Waals surface area contributed by atoms with E-state index in [0.29, 0.717) is 44.0 Å². The SMILES string of the molecule is COc1nc(C2CC2)nc(OC(C)C)c1CN1C[C@@H]2CN(C(=O)C3(C)COC3)CCN2[C@H](C(c2ccccc2)c2ccccc2)C1.Cl.Cl. The number of nitrogens with zero attached hydrogens (tertiary/aromatic N) is 5. The molecule has 1 aromatic heterocycles. The maximum atomic E-state index is 13.7. The van der Waals surface area contributed by atoms with Crippen molar-refractivity contribution in [2.45, 2.75) is 70.2 Å². The molecule has 2 aromatic carbocycles. The second kappa shape index (κ2) is 15.3. The van der Waals surface area contributed by atoms with Crippen LogP contribution in [0.15, 0.2) is 60.7 Å². The molecule has 4 fully saturated rings. The van der Waals surface area contributed by atoms with Gasteiger partial charge in [-0.3, -0.25) is 14.6 Å². The molecule has 3 aromatic rings. The predicted molar refractivity (Wildman–Crippen MR) is 191 cm³/mol. The minimum absolute atomic E-state index is 0. The number of fused-ring (bicyclic) bond motifs is 1. The van der Waals surface area contributed by atoms with Crippen LogP contribution >= 0.6 is 24.8 Å². The Morgan fingerprint density at radius 3 is 2.08 bits per heavy atom. The number of aromatic nitrogens is 2. The van der Waals surface area contributed by atoms with Gasteiger partial charge in [0.1, 0.15) is 5.82 Å². The Balaban J connectivity index is 0.00000225. The van der Waals surface area contributed by atoms with Gasteiger partial charge in [-0.05, 0) is 44.7 Å². The zero-order valence-electron chi connectivity index (χ0n) is 28.4. The molecule has 4 heterocycles. The number of methoxy groups -OCH3 is 1. The highest BCUT2D eigenvalue weighted by Crippen LogP contribution is 2.42. The highest BCUT2D eigenvalue weighted by Gasteiger charge is 2.48. The van der Waals surface area contributed by atoms with E-state index in [2.05, 4.69) is 75.4 Å². The van der Waals surface area contributed by atoms with E-state index in [0.717, 1.165) is 50.4 Å². The van der Waals surface area contributed by atoms with Crippen molar-refractivity contribution in [3.8, 4) is 11.8 Å². The molecule has 48 heavy (non-hydrogen) atoms. The number of hydrogen-bond donors (Lipinski definition) is 0. The Morgan fingerprint density at radius 2 is 1.54 bits per heavy atom. The van der Waals surface area contributed by atoms with E-state index in [-0.39, 0.29) is 54.8 Å². The summed E-state index contributed by atoms with van der Waals surface area (Å²) in [4.78, 5) is 30.8. The molecule has 2 atom stereocenters. The number of carbonyl (C=O) groups excluding carboxylic acids is 1. The molecule has 0 N–H and O–H groups in total. The highest BCUT2D eigenvalue weighted by molar-refractivity contribution is 5.85. The molecule has 4 aliphatic rings. The maximum absolute atomic E-state index is 13.7. The van der Waals surface area contributed by atoms with Crippen molar-refractivity contribution in [3.05, 3.63) is 83.2 Å². The lowest BCUT2D eigenvalue weighted by Gasteiger charge is -2.54. The molecule has 260 valence electrons. The molecule has 11 heteroatoms. The fraction of sp³-hybridized carbons (Fsp3) is 0.541. The Bertz CT molecular complexity index is 1480. The van der Waals surface area contributed by atoms with Gasteiger partial charge in [-0.1, -0.05) is 60.7 Å². The standard InChI is InChI=1S/C37H47N5O4.2ClH/c1-25(2)46-35-30(34(44-4)38-33(39-35)28-15-16-28)21-40-19-29-20-41(36(43)37(3)23-45-24-37)17-18-42(29)31(22-40)32(26-11-7-5-8-12-26)27-13-9-6-10-14-27;;/h5-14,25,28-29,31-32H,15-24H2,1-4H3;2*1H/t29-,31+;;/m1../s1. The van der Waals surface area contributed by atoms with Gasteiger partial charge in [0.2, 0.25) is 17.7 Å². The second-order valence-electron chi connectivity index (χ2n) is 14.1. The van der Waals surface area contributed by atoms with Gasteiger partial charge >= 0.3 is 0 Å². The first kappa shape index (κ1) is 36.3. The Kier molecular flexibility index (Phi) is 11.6. The van der Waals surface area contributed by atoms with Crippen LogP contribution in [0.1, 0.15) is 68.0 Å².